The van der Waals surface area contributed by atoms with E-state index in [0.717, 1.165) is 17.1 Å². The fourth-order valence-electron chi connectivity index (χ4n) is 2.29. The van der Waals surface area contributed by atoms with Crippen molar-refractivity contribution in [1.29, 1.82) is 0 Å². The molecule has 0 fully saturated rings. The van der Waals surface area contributed by atoms with Gasteiger partial charge in [0.1, 0.15) is 5.75 Å². The molecule has 3 aromatic carbocycles. The molecule has 0 aliphatic heterocycles. The number of anilines is 2. The van der Waals surface area contributed by atoms with Crippen molar-refractivity contribution in [2.75, 3.05) is 5.32 Å². The van der Waals surface area contributed by atoms with Gasteiger partial charge in [-0.15, -0.1) is 0 Å². The largest absolute Gasteiger partial charge is 0.507 e. The number of benzene rings is 3. The molecule has 0 unspecified atom stereocenters. The highest BCUT2D eigenvalue weighted by Crippen LogP contribution is 2.29. The Morgan fingerprint density at radius 2 is 1.48 bits per heavy atom. The first-order chi connectivity index (χ1) is 11.2. The fourth-order valence-corrected chi connectivity index (χ4v) is 2.29. The number of aliphatic imine (C=N–C) groups is 1. The molecule has 0 bridgehead atoms. The van der Waals surface area contributed by atoms with E-state index in [1.54, 1.807) is 18.3 Å². The van der Waals surface area contributed by atoms with Crippen molar-refractivity contribution in [1.82, 2.24) is 0 Å². The summed E-state index contributed by atoms with van der Waals surface area (Å²) in [6.45, 7) is 2.07. The lowest BCUT2D eigenvalue weighted by Gasteiger charge is -2.11. The van der Waals surface area contributed by atoms with Gasteiger partial charge in [0.15, 0.2) is 0 Å². The van der Waals surface area contributed by atoms with E-state index in [0.29, 0.717) is 5.56 Å². The molecule has 0 aromatic heterocycles. The van der Waals surface area contributed by atoms with Crippen LogP contribution in [0.4, 0.5) is 17.1 Å². The van der Waals surface area contributed by atoms with Gasteiger partial charge < -0.3 is 10.4 Å². The molecule has 0 heterocycles. The van der Waals surface area contributed by atoms with Crippen molar-refractivity contribution >= 4 is 23.3 Å². The SMILES string of the molecule is Cc1ccccc1Nc1ccccc1N=Cc1ccccc1O. The second-order valence-corrected chi connectivity index (χ2v) is 5.27. The standard InChI is InChI=1S/C20H18N2O/c1-15-8-2-4-10-17(15)22-19-12-6-5-11-18(19)21-14-16-9-3-7-13-20(16)23/h2-14,22-23H,1H3. The summed E-state index contributed by atoms with van der Waals surface area (Å²) in [5, 5.41) is 13.2. The van der Waals surface area contributed by atoms with Gasteiger partial charge in [-0.3, -0.25) is 4.99 Å². The molecule has 0 spiro atoms. The third kappa shape index (κ3) is 3.58. The molecule has 0 aliphatic rings. The van der Waals surface area contributed by atoms with Gasteiger partial charge in [0.2, 0.25) is 0 Å². The fraction of sp³-hybridized carbons (Fsp3) is 0.0500. The Kier molecular flexibility index (Phi) is 4.39. The molecule has 0 saturated heterocycles. The molecule has 0 atom stereocenters. The average molecular weight is 302 g/mol. The minimum atomic E-state index is 0.223. The van der Waals surface area contributed by atoms with Gasteiger partial charge in [0.25, 0.3) is 0 Å². The second kappa shape index (κ2) is 6.79. The topological polar surface area (TPSA) is 44.6 Å². The summed E-state index contributed by atoms with van der Waals surface area (Å²) in [7, 11) is 0. The molecule has 0 amide bonds. The Hall–Kier alpha value is -3.07. The van der Waals surface area contributed by atoms with Crippen LogP contribution in [-0.2, 0) is 0 Å². The monoisotopic (exact) mass is 302 g/mol. The van der Waals surface area contributed by atoms with E-state index >= 15 is 0 Å². The molecule has 0 radical (unpaired) electrons. The van der Waals surface area contributed by atoms with Gasteiger partial charge in [-0.2, -0.15) is 0 Å². The van der Waals surface area contributed by atoms with E-state index in [-0.39, 0.29) is 5.75 Å². The lowest BCUT2D eigenvalue weighted by atomic mass is 10.2. The van der Waals surface area contributed by atoms with E-state index in [9.17, 15) is 5.11 Å². The zero-order valence-corrected chi connectivity index (χ0v) is 12.9. The number of phenols is 1. The van der Waals surface area contributed by atoms with Crippen molar-refractivity contribution in [3.05, 3.63) is 83.9 Å². The van der Waals surface area contributed by atoms with Crippen molar-refractivity contribution in [3.8, 4) is 5.75 Å². The van der Waals surface area contributed by atoms with Crippen molar-refractivity contribution in [2.45, 2.75) is 6.92 Å². The first kappa shape index (κ1) is 14.9. The molecule has 3 heteroatoms. The Morgan fingerprint density at radius 1 is 0.826 bits per heavy atom. The van der Waals surface area contributed by atoms with Crippen LogP contribution in [0.1, 0.15) is 11.1 Å². The van der Waals surface area contributed by atoms with Crippen LogP contribution in [0.3, 0.4) is 0 Å². The highest BCUT2D eigenvalue weighted by molar-refractivity contribution is 5.87. The summed E-state index contributed by atoms with van der Waals surface area (Å²) in [4.78, 5) is 4.52. The molecule has 0 saturated carbocycles. The van der Waals surface area contributed by atoms with Gasteiger partial charge in [0, 0.05) is 17.5 Å². The van der Waals surface area contributed by atoms with Crippen molar-refractivity contribution in [2.24, 2.45) is 4.99 Å². The first-order valence-electron chi connectivity index (χ1n) is 7.48. The molecule has 0 aliphatic carbocycles. The Labute approximate surface area is 136 Å². The normalized spacial score (nSPS) is 10.8. The summed E-state index contributed by atoms with van der Waals surface area (Å²) in [5.74, 6) is 0.223. The number of aryl methyl sites for hydroxylation is 1. The van der Waals surface area contributed by atoms with E-state index < -0.39 is 0 Å². The predicted molar refractivity (Wildman–Crippen MR) is 96.3 cm³/mol. The van der Waals surface area contributed by atoms with Crippen molar-refractivity contribution < 1.29 is 5.11 Å². The number of hydrogen-bond donors (Lipinski definition) is 2. The molecule has 3 nitrogen and oxygen atoms in total. The second-order valence-electron chi connectivity index (χ2n) is 5.27. The number of phenolic OH excluding ortho intramolecular Hbond substituents is 1. The summed E-state index contributed by atoms with van der Waals surface area (Å²) in [5.41, 5.74) is 4.66. The van der Waals surface area contributed by atoms with Crippen LogP contribution in [0.25, 0.3) is 0 Å². The molecule has 3 aromatic rings. The smallest absolute Gasteiger partial charge is 0.124 e. The van der Waals surface area contributed by atoms with Gasteiger partial charge in [-0.25, -0.2) is 0 Å². The molecule has 3 rings (SSSR count). The van der Waals surface area contributed by atoms with Crippen LogP contribution in [0.15, 0.2) is 77.8 Å². The molecular weight excluding hydrogens is 284 g/mol. The molecule has 23 heavy (non-hydrogen) atoms. The zero-order valence-electron chi connectivity index (χ0n) is 12.9. The van der Waals surface area contributed by atoms with Crippen LogP contribution in [0.5, 0.6) is 5.75 Å². The Bertz CT molecular complexity index is 840. The third-order valence-corrected chi connectivity index (χ3v) is 3.60. The summed E-state index contributed by atoms with van der Waals surface area (Å²) >= 11 is 0. The average Bonchev–Trinajstić information content (AvgIpc) is 2.57. The summed E-state index contributed by atoms with van der Waals surface area (Å²) < 4.78 is 0. The van der Waals surface area contributed by atoms with Crippen LogP contribution < -0.4 is 5.32 Å². The minimum absolute atomic E-state index is 0.223. The highest BCUT2D eigenvalue weighted by Gasteiger charge is 2.03. The molecule has 114 valence electrons. The van der Waals surface area contributed by atoms with Crippen LogP contribution in [-0.4, -0.2) is 11.3 Å². The van der Waals surface area contributed by atoms with Gasteiger partial charge in [-0.05, 0) is 42.8 Å². The number of nitrogens with zero attached hydrogens (tertiary/aromatic N) is 1. The van der Waals surface area contributed by atoms with E-state index in [2.05, 4.69) is 23.3 Å². The van der Waals surface area contributed by atoms with Crippen LogP contribution in [0, 0.1) is 6.92 Å². The number of hydrogen-bond acceptors (Lipinski definition) is 3. The van der Waals surface area contributed by atoms with E-state index in [1.165, 1.54) is 5.56 Å². The lowest BCUT2D eigenvalue weighted by molar-refractivity contribution is 0.474. The van der Waals surface area contributed by atoms with Gasteiger partial charge in [0.05, 0.1) is 11.4 Å². The first-order valence-corrected chi connectivity index (χ1v) is 7.48. The van der Waals surface area contributed by atoms with E-state index in [1.807, 2.05) is 54.6 Å². The van der Waals surface area contributed by atoms with Crippen molar-refractivity contribution in [3.63, 3.8) is 0 Å². The van der Waals surface area contributed by atoms with Crippen LogP contribution in [0.2, 0.25) is 0 Å². The summed E-state index contributed by atoms with van der Waals surface area (Å²) in [6.07, 6.45) is 1.67. The van der Waals surface area contributed by atoms with Gasteiger partial charge in [-0.1, -0.05) is 42.5 Å². The predicted octanol–water partition coefficient (Wildman–Crippen LogP) is 5.19. The molecular formula is C20H18N2O. The quantitative estimate of drug-likeness (QED) is 0.651. The minimum Gasteiger partial charge on any atom is -0.507 e. The number of para-hydroxylation sites is 4. The Morgan fingerprint density at radius 3 is 2.26 bits per heavy atom. The van der Waals surface area contributed by atoms with E-state index in [4.69, 9.17) is 0 Å². The summed E-state index contributed by atoms with van der Waals surface area (Å²) in [6, 6.07) is 23.1. The maximum Gasteiger partial charge on any atom is 0.124 e. The Balaban J connectivity index is 1.90. The number of aromatic hydroxyl groups is 1. The number of rotatable bonds is 4. The van der Waals surface area contributed by atoms with Crippen LogP contribution >= 0.6 is 0 Å². The maximum absolute atomic E-state index is 9.82. The zero-order chi connectivity index (χ0) is 16.1. The number of nitrogens with one attached hydrogen (secondary N) is 1. The highest BCUT2D eigenvalue weighted by atomic mass is 16.3. The maximum atomic E-state index is 9.82. The van der Waals surface area contributed by atoms with Gasteiger partial charge >= 0.3 is 0 Å². The molecule has 2 N–H and O–H groups in total. The lowest BCUT2D eigenvalue weighted by Crippen LogP contribution is -1.93. The third-order valence-electron chi connectivity index (χ3n) is 3.60.